The van der Waals surface area contributed by atoms with Crippen LogP contribution in [-0.2, 0) is 4.74 Å². The van der Waals surface area contributed by atoms with Gasteiger partial charge in [0.1, 0.15) is 18.3 Å². The first-order valence-corrected chi connectivity index (χ1v) is 5.17. The summed E-state index contributed by atoms with van der Waals surface area (Å²) in [6, 6.07) is -0.636. The van der Waals surface area contributed by atoms with Crippen LogP contribution in [0.25, 0.3) is 0 Å². The van der Waals surface area contributed by atoms with Crippen LogP contribution < -0.4 is 5.73 Å². The van der Waals surface area contributed by atoms with Crippen LogP contribution in [0.15, 0.2) is 0 Å². The van der Waals surface area contributed by atoms with Gasteiger partial charge in [0.2, 0.25) is 0 Å². The molecule has 5 N–H and O–H groups in total. The highest BCUT2D eigenvalue weighted by atomic mass is 16.5. The second-order valence-corrected chi connectivity index (χ2v) is 5.20. The molecule has 1 aliphatic rings. The summed E-state index contributed by atoms with van der Waals surface area (Å²) >= 11 is 0. The van der Waals surface area contributed by atoms with Crippen molar-refractivity contribution in [1.29, 1.82) is 0 Å². The largest absolute Gasteiger partial charge is 0.394 e. The van der Waals surface area contributed by atoms with E-state index < -0.39 is 24.4 Å². The second kappa shape index (κ2) is 4.35. The Balaban J connectivity index is 2.83. The van der Waals surface area contributed by atoms with Crippen molar-refractivity contribution in [3.63, 3.8) is 0 Å². The number of rotatable bonds is 1. The van der Waals surface area contributed by atoms with Crippen molar-refractivity contribution in [3.8, 4) is 0 Å². The lowest BCUT2D eigenvalue weighted by Crippen LogP contribution is -2.64. The Morgan fingerprint density at radius 1 is 1.20 bits per heavy atom. The molecule has 1 heterocycles. The van der Waals surface area contributed by atoms with Gasteiger partial charge in [-0.3, -0.25) is 0 Å². The molecule has 0 amide bonds. The maximum atomic E-state index is 9.72. The van der Waals surface area contributed by atoms with Gasteiger partial charge in [-0.15, -0.1) is 0 Å². The van der Waals surface area contributed by atoms with Crippen LogP contribution in [0.5, 0.6) is 0 Å². The summed E-state index contributed by atoms with van der Waals surface area (Å²) in [7, 11) is 0. The minimum absolute atomic E-state index is 0.242. The molecule has 5 atom stereocenters. The van der Waals surface area contributed by atoms with E-state index in [9.17, 15) is 10.2 Å². The lowest BCUT2D eigenvalue weighted by Gasteiger charge is -2.46. The molecule has 1 aliphatic heterocycles. The van der Waals surface area contributed by atoms with Crippen molar-refractivity contribution in [3.05, 3.63) is 0 Å². The molecule has 1 saturated heterocycles. The molecule has 0 aromatic heterocycles. The first kappa shape index (κ1) is 12.9. The molecular weight excluding hydrogens is 198 g/mol. The maximum Gasteiger partial charge on any atom is 0.110 e. The summed E-state index contributed by atoms with van der Waals surface area (Å²) in [5.74, 6) is 0. The van der Waals surface area contributed by atoms with Crippen LogP contribution in [0, 0.1) is 5.41 Å². The molecule has 0 saturated carbocycles. The molecule has 5 nitrogen and oxygen atoms in total. The molecule has 1 rings (SSSR count). The van der Waals surface area contributed by atoms with Gasteiger partial charge in [-0.05, 0) is 5.41 Å². The van der Waals surface area contributed by atoms with Crippen molar-refractivity contribution in [2.45, 2.75) is 51.2 Å². The minimum Gasteiger partial charge on any atom is -0.394 e. The third-order valence-corrected chi connectivity index (χ3v) is 2.83. The molecule has 0 radical (unpaired) electrons. The molecule has 1 fully saturated rings. The van der Waals surface area contributed by atoms with Gasteiger partial charge in [-0.1, -0.05) is 20.8 Å². The van der Waals surface area contributed by atoms with Crippen LogP contribution in [0.3, 0.4) is 0 Å². The highest BCUT2D eigenvalue weighted by Gasteiger charge is 2.46. The molecule has 3 unspecified atom stereocenters. The fraction of sp³-hybridized carbons (Fsp3) is 1.00. The smallest absolute Gasteiger partial charge is 0.110 e. The normalized spacial score (nSPS) is 43.0. The topological polar surface area (TPSA) is 95.9 Å². The zero-order valence-corrected chi connectivity index (χ0v) is 9.42. The van der Waals surface area contributed by atoms with Crippen molar-refractivity contribution >= 4 is 0 Å². The molecule has 0 aromatic carbocycles. The van der Waals surface area contributed by atoms with Gasteiger partial charge in [0.15, 0.2) is 0 Å². The van der Waals surface area contributed by atoms with E-state index in [2.05, 4.69) is 0 Å². The van der Waals surface area contributed by atoms with Crippen molar-refractivity contribution in [2.75, 3.05) is 6.61 Å². The fourth-order valence-electron chi connectivity index (χ4n) is 1.92. The van der Waals surface area contributed by atoms with E-state index in [1.165, 1.54) is 0 Å². The van der Waals surface area contributed by atoms with Gasteiger partial charge in [-0.25, -0.2) is 0 Å². The summed E-state index contributed by atoms with van der Waals surface area (Å²) in [4.78, 5) is 0. The Kier molecular flexibility index (Phi) is 3.73. The van der Waals surface area contributed by atoms with Crippen LogP contribution in [-0.4, -0.2) is 52.4 Å². The molecular formula is C10H21NO4. The van der Waals surface area contributed by atoms with Gasteiger partial charge in [-0.2, -0.15) is 0 Å². The van der Waals surface area contributed by atoms with Crippen molar-refractivity contribution in [1.82, 2.24) is 0 Å². The van der Waals surface area contributed by atoms with E-state index in [1.807, 2.05) is 20.8 Å². The standard InChI is InChI=1S/C10H21NO4/c1-10(2,3)9-6(11)8(14)7(13)5(4-12)15-9/h5-9,12-14H,4,11H2,1-3H3/t5?,6?,7-,8?,9+/m1/s1. The Morgan fingerprint density at radius 2 is 1.73 bits per heavy atom. The summed E-state index contributed by atoms with van der Waals surface area (Å²) in [5.41, 5.74) is 5.56. The van der Waals surface area contributed by atoms with E-state index in [4.69, 9.17) is 15.6 Å². The van der Waals surface area contributed by atoms with Crippen molar-refractivity contribution < 1.29 is 20.1 Å². The van der Waals surface area contributed by atoms with E-state index in [0.29, 0.717) is 0 Å². The molecule has 0 bridgehead atoms. The second-order valence-electron chi connectivity index (χ2n) is 5.20. The third kappa shape index (κ3) is 2.49. The Hall–Kier alpha value is -0.200. The number of aliphatic hydroxyl groups is 3. The SMILES string of the molecule is CC(C)(C)[C@H]1OC(CO)[C@@H](O)C(O)C1N. The fourth-order valence-corrected chi connectivity index (χ4v) is 1.92. The lowest BCUT2D eigenvalue weighted by molar-refractivity contribution is -0.211. The zero-order chi connectivity index (χ0) is 11.8. The first-order valence-electron chi connectivity index (χ1n) is 5.17. The number of aliphatic hydroxyl groups excluding tert-OH is 3. The van der Waals surface area contributed by atoms with E-state index >= 15 is 0 Å². The third-order valence-electron chi connectivity index (χ3n) is 2.83. The number of hydrogen-bond acceptors (Lipinski definition) is 5. The van der Waals surface area contributed by atoms with E-state index in [1.54, 1.807) is 0 Å². The number of nitrogens with two attached hydrogens (primary N) is 1. The van der Waals surface area contributed by atoms with Gasteiger partial charge in [0.05, 0.1) is 18.8 Å². The summed E-state index contributed by atoms with van der Waals surface area (Å²) < 4.78 is 5.51. The van der Waals surface area contributed by atoms with Crippen LogP contribution in [0.4, 0.5) is 0 Å². The van der Waals surface area contributed by atoms with E-state index in [0.717, 1.165) is 0 Å². The van der Waals surface area contributed by atoms with Gasteiger partial charge < -0.3 is 25.8 Å². The van der Waals surface area contributed by atoms with Gasteiger partial charge >= 0.3 is 0 Å². The van der Waals surface area contributed by atoms with Crippen LogP contribution >= 0.6 is 0 Å². The monoisotopic (exact) mass is 219 g/mol. The molecule has 15 heavy (non-hydrogen) atoms. The summed E-state index contributed by atoms with van der Waals surface area (Å²) in [6.45, 7) is 5.50. The van der Waals surface area contributed by atoms with Gasteiger partial charge in [0.25, 0.3) is 0 Å². The van der Waals surface area contributed by atoms with Crippen LogP contribution in [0.2, 0.25) is 0 Å². The Bertz CT molecular complexity index is 214. The highest BCUT2D eigenvalue weighted by molar-refractivity contribution is 4.98. The summed E-state index contributed by atoms with van der Waals surface area (Å²) in [6.07, 6.45) is -3.32. The van der Waals surface area contributed by atoms with E-state index in [-0.39, 0.29) is 18.1 Å². The highest BCUT2D eigenvalue weighted by Crippen LogP contribution is 2.31. The van der Waals surface area contributed by atoms with Gasteiger partial charge in [0, 0.05) is 0 Å². The predicted molar refractivity (Wildman–Crippen MR) is 55.2 cm³/mol. The molecule has 0 aromatic rings. The average molecular weight is 219 g/mol. The first-order chi connectivity index (χ1) is 6.79. The minimum atomic E-state index is -1.12. The number of hydrogen-bond donors (Lipinski definition) is 4. The lowest BCUT2D eigenvalue weighted by atomic mass is 9.79. The van der Waals surface area contributed by atoms with Crippen LogP contribution in [0.1, 0.15) is 20.8 Å². The quantitative estimate of drug-likeness (QED) is 0.446. The van der Waals surface area contributed by atoms with Crippen molar-refractivity contribution in [2.24, 2.45) is 11.1 Å². The summed E-state index contributed by atoms with van der Waals surface area (Å²) in [5, 5.41) is 28.3. The number of ether oxygens (including phenoxy) is 1. The Morgan fingerprint density at radius 3 is 2.13 bits per heavy atom. The molecule has 5 heteroatoms. The average Bonchev–Trinajstić information content (AvgIpc) is 2.13. The predicted octanol–water partition coefficient (Wildman–Crippen LogP) is -1.16. The Labute approximate surface area is 89.9 Å². The molecule has 90 valence electrons. The molecule has 0 spiro atoms. The maximum absolute atomic E-state index is 9.72. The zero-order valence-electron chi connectivity index (χ0n) is 9.42. The molecule has 0 aliphatic carbocycles.